The van der Waals surface area contributed by atoms with Crippen LogP contribution in [0.2, 0.25) is 0 Å². The lowest BCUT2D eigenvalue weighted by Gasteiger charge is -2.29. The predicted molar refractivity (Wildman–Crippen MR) is 309 cm³/mol. The molecule has 0 aliphatic carbocycles. The van der Waals surface area contributed by atoms with Crippen molar-refractivity contribution in [3.63, 3.8) is 0 Å². The zero-order chi connectivity index (χ0) is 58.3. The molecule has 0 bridgehead atoms. The van der Waals surface area contributed by atoms with Gasteiger partial charge in [-0.3, -0.25) is 18.2 Å². The molecule has 20 nitrogen and oxygen atoms in total. The van der Waals surface area contributed by atoms with Gasteiger partial charge in [0, 0.05) is 63.5 Å². The molecule has 24 heteroatoms. The largest absolute Gasteiger partial charge is 0.493 e. The average Bonchev–Trinajstić information content (AvgIpc) is 3.29. The van der Waals surface area contributed by atoms with Crippen LogP contribution in [0.3, 0.4) is 0 Å². The molecule has 78 heavy (non-hydrogen) atoms. The second-order valence-corrected chi connectivity index (χ2v) is 29.0. The Labute approximate surface area is 466 Å². The second kappa shape index (κ2) is 31.1. The normalized spacial score (nSPS) is 13.4. The van der Waals surface area contributed by atoms with E-state index in [2.05, 4.69) is 0 Å². The predicted octanol–water partition coefficient (Wildman–Crippen LogP) is 6.52. The van der Waals surface area contributed by atoms with Crippen molar-refractivity contribution in [3.8, 4) is 23.0 Å². The molecule has 0 aliphatic rings. The van der Waals surface area contributed by atoms with E-state index in [9.17, 15) is 33.7 Å². The van der Waals surface area contributed by atoms with Crippen molar-refractivity contribution < 1.29 is 88.8 Å². The van der Waals surface area contributed by atoms with Crippen molar-refractivity contribution in [2.45, 2.75) is 51.4 Å². The first kappa shape index (κ1) is 68.1. The van der Waals surface area contributed by atoms with Crippen LogP contribution < -0.4 is 18.9 Å². The second-order valence-electron chi connectivity index (χ2n) is 22.7. The SMILES string of the molecule is C[N+](C)(CCCOc1cc(/C=C/c2ccc(/C=C/c3cc(OCCC[N+](C)(C)CCCS(=O)(=O)O)cc(OCCC[N+](C)(C)CCCS(=O)(=O)O)c3)cc2)cc(OCCC[N+](C)(C)CCCS(=O)(=O)O)c1)CCCS(=O)(=O)O. The van der Waals surface area contributed by atoms with E-state index in [4.69, 9.17) is 37.2 Å². The van der Waals surface area contributed by atoms with Crippen molar-refractivity contribution >= 4 is 64.8 Å². The number of hydrogen-bond acceptors (Lipinski definition) is 12. The third-order valence-corrected chi connectivity index (χ3v) is 16.3. The fourth-order valence-electron chi connectivity index (χ4n) is 8.69. The zero-order valence-electron chi connectivity index (χ0n) is 47.2. The van der Waals surface area contributed by atoms with Crippen molar-refractivity contribution in [2.75, 3.05) is 158 Å². The van der Waals surface area contributed by atoms with E-state index in [0.29, 0.717) is 145 Å². The summed E-state index contributed by atoms with van der Waals surface area (Å²) in [4.78, 5) is 0. The lowest BCUT2D eigenvalue weighted by molar-refractivity contribution is -0.890. The van der Waals surface area contributed by atoms with Gasteiger partial charge in [-0.15, -0.1) is 0 Å². The molecule has 0 aliphatic heterocycles. The summed E-state index contributed by atoms with van der Waals surface area (Å²) in [5, 5.41) is 0. The minimum atomic E-state index is -4.02. The molecule has 0 heterocycles. The summed E-state index contributed by atoms with van der Waals surface area (Å²) in [6, 6.07) is 19.5. The lowest BCUT2D eigenvalue weighted by Crippen LogP contribution is -2.42. The molecule has 442 valence electrons. The molecule has 3 aromatic carbocycles. The van der Waals surface area contributed by atoms with Gasteiger partial charge in [0.1, 0.15) is 23.0 Å². The number of quaternary nitrogens is 4. The first-order chi connectivity index (χ1) is 36.0. The Morgan fingerprint density at radius 3 is 0.718 bits per heavy atom. The Kier molecular flexibility index (Phi) is 27.2. The molecule has 0 radical (unpaired) electrons. The molecule has 0 unspecified atom stereocenters. The van der Waals surface area contributed by atoms with Crippen LogP contribution in [0.15, 0.2) is 60.7 Å². The molecule has 0 amide bonds. The van der Waals surface area contributed by atoms with Crippen molar-refractivity contribution in [1.29, 1.82) is 0 Å². The molecular formula is C54H90N4O16S4+4. The van der Waals surface area contributed by atoms with Gasteiger partial charge in [-0.2, -0.15) is 33.7 Å². The van der Waals surface area contributed by atoms with E-state index in [-0.39, 0.29) is 23.0 Å². The van der Waals surface area contributed by atoms with E-state index >= 15 is 0 Å². The Balaban J connectivity index is 1.75. The highest BCUT2D eigenvalue weighted by Gasteiger charge is 2.21. The van der Waals surface area contributed by atoms with Gasteiger partial charge >= 0.3 is 0 Å². The molecule has 3 aromatic rings. The lowest BCUT2D eigenvalue weighted by atomic mass is 10.1. The van der Waals surface area contributed by atoms with Gasteiger partial charge in [-0.05, 0) is 46.5 Å². The van der Waals surface area contributed by atoms with Crippen molar-refractivity contribution in [2.24, 2.45) is 0 Å². The molecule has 0 aromatic heterocycles. The summed E-state index contributed by atoms with van der Waals surface area (Å²) < 4.78 is 153. The molecular weight excluding hydrogens is 1090 g/mol. The van der Waals surface area contributed by atoms with Gasteiger partial charge < -0.3 is 36.9 Å². The van der Waals surface area contributed by atoms with Crippen LogP contribution in [0.5, 0.6) is 23.0 Å². The number of ether oxygens (including phenoxy) is 4. The number of hydrogen-bond donors (Lipinski definition) is 4. The summed E-state index contributed by atoms with van der Waals surface area (Å²) >= 11 is 0. The molecule has 0 saturated carbocycles. The monoisotopic (exact) mass is 1180 g/mol. The maximum absolute atomic E-state index is 11.2. The molecule has 4 N–H and O–H groups in total. The maximum atomic E-state index is 11.2. The van der Waals surface area contributed by atoms with Gasteiger partial charge in [0.2, 0.25) is 0 Å². The van der Waals surface area contributed by atoms with E-state index in [1.165, 1.54) is 0 Å². The van der Waals surface area contributed by atoms with Gasteiger partial charge in [-0.25, -0.2) is 0 Å². The van der Waals surface area contributed by atoms with E-state index in [0.717, 1.165) is 48.4 Å². The molecule has 3 rings (SSSR count). The minimum absolute atomic E-state index is 0.280. The highest BCUT2D eigenvalue weighted by molar-refractivity contribution is 7.86. The first-order valence-corrected chi connectivity index (χ1v) is 32.8. The van der Waals surface area contributed by atoms with Gasteiger partial charge in [0.15, 0.2) is 0 Å². The number of benzene rings is 3. The third kappa shape index (κ3) is 33.4. The Hall–Kier alpha value is -4.18. The quantitative estimate of drug-likeness (QED) is 0.0205. The van der Waals surface area contributed by atoms with Crippen LogP contribution >= 0.6 is 0 Å². The molecule has 0 fully saturated rings. The van der Waals surface area contributed by atoms with E-state index < -0.39 is 40.5 Å². The summed E-state index contributed by atoms with van der Waals surface area (Å²) in [5.41, 5.74) is 3.61. The summed E-state index contributed by atoms with van der Waals surface area (Å²) in [6.07, 6.45) is 12.1. The zero-order valence-corrected chi connectivity index (χ0v) is 50.4. The molecule has 0 saturated heterocycles. The Morgan fingerprint density at radius 1 is 0.321 bits per heavy atom. The fraction of sp³-hybridized carbons (Fsp3) is 0.593. The van der Waals surface area contributed by atoms with Gasteiger partial charge in [-0.1, -0.05) is 48.6 Å². The number of nitrogens with zero attached hydrogens (tertiary/aromatic N) is 4. The minimum Gasteiger partial charge on any atom is -0.493 e. The van der Waals surface area contributed by atoms with E-state index in [1.807, 2.05) is 141 Å². The fourth-order valence-corrected chi connectivity index (χ4v) is 10.7. The highest BCUT2D eigenvalue weighted by Crippen LogP contribution is 2.27. The summed E-state index contributed by atoms with van der Waals surface area (Å²) in [5.74, 6) is 1.37. The van der Waals surface area contributed by atoms with Crippen LogP contribution in [0.25, 0.3) is 24.3 Å². The Bertz CT molecular complexity index is 2490. The van der Waals surface area contributed by atoms with Gasteiger partial charge in [0.25, 0.3) is 40.5 Å². The third-order valence-electron chi connectivity index (χ3n) is 13.0. The molecule has 0 atom stereocenters. The molecule has 0 spiro atoms. The first-order valence-electron chi connectivity index (χ1n) is 26.4. The van der Waals surface area contributed by atoms with Crippen LogP contribution in [0.1, 0.15) is 73.6 Å². The Morgan fingerprint density at radius 2 is 0.513 bits per heavy atom. The average molecular weight is 1180 g/mol. The van der Waals surface area contributed by atoms with Crippen LogP contribution in [0, 0.1) is 0 Å². The number of rotatable bonds is 40. The van der Waals surface area contributed by atoms with Crippen molar-refractivity contribution in [1.82, 2.24) is 0 Å². The smallest absolute Gasteiger partial charge is 0.265 e. The highest BCUT2D eigenvalue weighted by atomic mass is 32.2. The van der Waals surface area contributed by atoms with Gasteiger partial charge in [0.05, 0.1) is 158 Å². The van der Waals surface area contributed by atoms with Crippen LogP contribution in [-0.4, -0.2) is 228 Å². The summed E-state index contributed by atoms with van der Waals surface area (Å²) in [7, 11) is -0.00668. The van der Waals surface area contributed by atoms with Crippen LogP contribution in [-0.2, 0) is 40.5 Å². The maximum Gasteiger partial charge on any atom is 0.265 e. The van der Waals surface area contributed by atoms with Crippen LogP contribution in [0.4, 0.5) is 0 Å². The topological polar surface area (TPSA) is 254 Å². The standard InChI is InChI=1S/C54H86N4O16S4/c1-55(2,29-13-37-75(59,60)61)25-9-33-71-51-41-49(42-52(45-51)72-34-10-26-56(3,4)30-14-38-76(62,63)64)23-21-47-17-19-48(20-18-47)22-24-50-43-53(73-35-11-27-57(5,6)31-15-39-77(65,66)67)46-54(44-50)74-36-12-28-58(7,8)32-16-40-78(68,69)70/h17-24,41-46H,9-16,25-40H2,1-8H3/p+4/b23-21+,24-22+. The van der Waals surface area contributed by atoms with E-state index in [1.54, 1.807) is 0 Å². The summed E-state index contributed by atoms with van der Waals surface area (Å²) in [6.45, 7) is 6.89. The van der Waals surface area contributed by atoms with Crippen molar-refractivity contribution in [3.05, 3.63) is 82.9 Å².